The molecule has 0 aliphatic heterocycles. The van der Waals surface area contributed by atoms with E-state index < -0.39 is 12.0 Å². The third-order valence-electron chi connectivity index (χ3n) is 4.03. The lowest BCUT2D eigenvalue weighted by molar-refractivity contribution is -0.142. The maximum Gasteiger partial charge on any atom is 0.326 e. The van der Waals surface area contributed by atoms with Crippen molar-refractivity contribution in [2.24, 2.45) is 5.92 Å². The maximum absolute atomic E-state index is 12.2. The van der Waals surface area contributed by atoms with Crippen LogP contribution >= 0.6 is 23.2 Å². The van der Waals surface area contributed by atoms with Crippen LogP contribution in [0.2, 0.25) is 10.0 Å². The van der Waals surface area contributed by atoms with Crippen molar-refractivity contribution >= 4 is 35.1 Å². The minimum Gasteiger partial charge on any atom is -0.480 e. The van der Waals surface area contributed by atoms with Gasteiger partial charge in [0.05, 0.1) is 0 Å². The van der Waals surface area contributed by atoms with Crippen molar-refractivity contribution in [1.29, 1.82) is 0 Å². The Balaban J connectivity index is 2.03. The maximum atomic E-state index is 12.2. The lowest BCUT2D eigenvalue weighted by Crippen LogP contribution is -2.45. The molecule has 22 heavy (non-hydrogen) atoms. The van der Waals surface area contributed by atoms with Crippen molar-refractivity contribution < 1.29 is 14.7 Å². The van der Waals surface area contributed by atoms with Crippen molar-refractivity contribution in [2.45, 2.75) is 44.6 Å². The lowest BCUT2D eigenvalue weighted by atomic mass is 9.88. The Labute approximate surface area is 139 Å². The molecular weight excluding hydrogens is 325 g/mol. The average molecular weight is 344 g/mol. The normalized spacial score (nSPS) is 17.0. The SMILES string of the molecule is O=C(N[C@@H](Cc1ccc(Cl)cc1Cl)C(=O)O)C1CCCCC1. The molecule has 0 heterocycles. The summed E-state index contributed by atoms with van der Waals surface area (Å²) >= 11 is 11.9. The van der Waals surface area contributed by atoms with E-state index in [4.69, 9.17) is 23.2 Å². The number of rotatable bonds is 5. The molecule has 0 spiro atoms. The van der Waals surface area contributed by atoms with Crippen LogP contribution in [0, 0.1) is 5.92 Å². The van der Waals surface area contributed by atoms with Gasteiger partial charge >= 0.3 is 5.97 Å². The Kier molecular flexibility index (Phi) is 6.09. The topological polar surface area (TPSA) is 66.4 Å². The quantitative estimate of drug-likeness (QED) is 0.856. The molecule has 0 radical (unpaired) electrons. The van der Waals surface area contributed by atoms with Gasteiger partial charge in [0.1, 0.15) is 6.04 Å². The summed E-state index contributed by atoms with van der Waals surface area (Å²) in [5, 5.41) is 12.9. The number of halogens is 2. The largest absolute Gasteiger partial charge is 0.480 e. The van der Waals surface area contributed by atoms with Gasteiger partial charge in [0.15, 0.2) is 0 Å². The Bertz CT molecular complexity index is 556. The van der Waals surface area contributed by atoms with Gasteiger partial charge in [-0.25, -0.2) is 4.79 Å². The molecule has 1 aromatic rings. The summed E-state index contributed by atoms with van der Waals surface area (Å²) in [5.74, 6) is -1.30. The van der Waals surface area contributed by atoms with E-state index in [1.807, 2.05) is 0 Å². The highest BCUT2D eigenvalue weighted by molar-refractivity contribution is 6.35. The number of hydrogen-bond donors (Lipinski definition) is 2. The molecule has 0 bridgehead atoms. The van der Waals surface area contributed by atoms with Crippen LogP contribution in [-0.2, 0) is 16.0 Å². The first-order valence-corrected chi connectivity index (χ1v) is 8.20. The predicted molar refractivity (Wildman–Crippen MR) is 86.3 cm³/mol. The van der Waals surface area contributed by atoms with E-state index >= 15 is 0 Å². The lowest BCUT2D eigenvalue weighted by Gasteiger charge is -2.23. The Morgan fingerprint density at radius 1 is 1.23 bits per heavy atom. The van der Waals surface area contributed by atoms with Gasteiger partial charge in [-0.1, -0.05) is 48.5 Å². The van der Waals surface area contributed by atoms with Gasteiger partial charge in [0.2, 0.25) is 5.91 Å². The number of carbonyl (C=O) groups excluding carboxylic acids is 1. The van der Waals surface area contributed by atoms with Crippen molar-refractivity contribution in [2.75, 3.05) is 0 Å². The van der Waals surface area contributed by atoms with E-state index in [2.05, 4.69) is 5.32 Å². The molecule has 4 nitrogen and oxygen atoms in total. The molecule has 1 aliphatic rings. The molecule has 1 atom stereocenters. The molecule has 6 heteroatoms. The van der Waals surface area contributed by atoms with Gasteiger partial charge in [-0.2, -0.15) is 0 Å². The Morgan fingerprint density at radius 3 is 2.50 bits per heavy atom. The predicted octanol–water partition coefficient (Wildman–Crippen LogP) is 3.69. The van der Waals surface area contributed by atoms with E-state index in [0.29, 0.717) is 15.6 Å². The first-order valence-electron chi connectivity index (χ1n) is 7.44. The number of aliphatic carboxylic acids is 1. The number of carbonyl (C=O) groups is 2. The zero-order valence-electron chi connectivity index (χ0n) is 12.1. The molecule has 1 fully saturated rings. The van der Waals surface area contributed by atoms with Gasteiger partial charge in [-0.3, -0.25) is 4.79 Å². The van der Waals surface area contributed by atoms with Crippen LogP contribution in [0.25, 0.3) is 0 Å². The van der Waals surface area contributed by atoms with Crippen molar-refractivity contribution in [3.63, 3.8) is 0 Å². The second-order valence-corrected chi connectivity index (χ2v) is 6.52. The highest BCUT2D eigenvalue weighted by Gasteiger charge is 2.27. The summed E-state index contributed by atoms with van der Waals surface area (Å²) in [6.45, 7) is 0. The molecule has 0 unspecified atom stereocenters. The van der Waals surface area contributed by atoms with E-state index in [1.54, 1.807) is 18.2 Å². The number of nitrogens with one attached hydrogen (secondary N) is 1. The van der Waals surface area contributed by atoms with Crippen LogP contribution in [0.4, 0.5) is 0 Å². The Hall–Kier alpha value is -1.26. The Morgan fingerprint density at radius 2 is 1.91 bits per heavy atom. The van der Waals surface area contributed by atoms with Gasteiger partial charge in [-0.15, -0.1) is 0 Å². The summed E-state index contributed by atoms with van der Waals surface area (Å²) in [6, 6.07) is 3.94. The van der Waals surface area contributed by atoms with Crippen LogP contribution in [0.5, 0.6) is 0 Å². The zero-order chi connectivity index (χ0) is 16.1. The molecule has 1 aliphatic carbocycles. The van der Waals surface area contributed by atoms with E-state index in [9.17, 15) is 14.7 Å². The number of hydrogen-bond acceptors (Lipinski definition) is 2. The van der Waals surface area contributed by atoms with Crippen molar-refractivity contribution in [3.05, 3.63) is 33.8 Å². The van der Waals surface area contributed by atoms with Gasteiger partial charge in [0, 0.05) is 22.4 Å². The summed E-state index contributed by atoms with van der Waals surface area (Å²) in [5.41, 5.74) is 0.655. The van der Waals surface area contributed by atoms with Gasteiger partial charge in [0.25, 0.3) is 0 Å². The van der Waals surface area contributed by atoms with E-state index in [0.717, 1.165) is 32.1 Å². The minimum atomic E-state index is -1.06. The van der Waals surface area contributed by atoms with Gasteiger partial charge in [-0.05, 0) is 30.5 Å². The molecule has 0 saturated heterocycles. The smallest absolute Gasteiger partial charge is 0.326 e. The number of carboxylic acid groups (broad SMARTS) is 1. The molecule has 2 N–H and O–H groups in total. The fourth-order valence-corrected chi connectivity index (χ4v) is 3.25. The first kappa shape index (κ1) is 17.1. The monoisotopic (exact) mass is 343 g/mol. The molecule has 1 saturated carbocycles. The molecule has 120 valence electrons. The van der Waals surface area contributed by atoms with Crippen LogP contribution < -0.4 is 5.32 Å². The summed E-state index contributed by atoms with van der Waals surface area (Å²) in [4.78, 5) is 23.6. The third-order valence-corrected chi connectivity index (χ3v) is 4.62. The highest BCUT2D eigenvalue weighted by atomic mass is 35.5. The summed E-state index contributed by atoms with van der Waals surface area (Å²) in [6.07, 6.45) is 5.01. The van der Waals surface area contributed by atoms with Crippen molar-refractivity contribution in [1.82, 2.24) is 5.32 Å². The summed E-state index contributed by atoms with van der Waals surface area (Å²) < 4.78 is 0. The molecule has 1 amide bonds. The third kappa shape index (κ3) is 4.62. The molecule has 2 rings (SSSR count). The number of amides is 1. The molecule has 1 aromatic carbocycles. The van der Waals surface area contributed by atoms with Gasteiger partial charge < -0.3 is 10.4 Å². The second kappa shape index (κ2) is 7.84. The fraction of sp³-hybridized carbons (Fsp3) is 0.500. The van der Waals surface area contributed by atoms with Crippen LogP contribution in [0.15, 0.2) is 18.2 Å². The van der Waals surface area contributed by atoms with Crippen LogP contribution in [-0.4, -0.2) is 23.0 Å². The number of benzene rings is 1. The van der Waals surface area contributed by atoms with Crippen LogP contribution in [0.3, 0.4) is 0 Å². The zero-order valence-corrected chi connectivity index (χ0v) is 13.7. The summed E-state index contributed by atoms with van der Waals surface area (Å²) in [7, 11) is 0. The van der Waals surface area contributed by atoms with Crippen LogP contribution in [0.1, 0.15) is 37.7 Å². The molecule has 0 aromatic heterocycles. The number of carboxylic acids is 1. The standard InChI is InChI=1S/C16H19Cl2NO3/c17-12-7-6-11(13(18)9-12)8-14(16(21)22)19-15(20)10-4-2-1-3-5-10/h6-7,9-10,14H,1-5,8H2,(H,19,20)(H,21,22)/t14-/m0/s1. The highest BCUT2D eigenvalue weighted by Crippen LogP contribution is 2.25. The molecular formula is C16H19Cl2NO3. The fourth-order valence-electron chi connectivity index (χ4n) is 2.76. The van der Waals surface area contributed by atoms with E-state index in [1.165, 1.54) is 0 Å². The minimum absolute atomic E-state index is 0.0729. The second-order valence-electron chi connectivity index (χ2n) is 5.67. The van der Waals surface area contributed by atoms with Crippen molar-refractivity contribution in [3.8, 4) is 0 Å². The average Bonchev–Trinajstić information content (AvgIpc) is 2.49. The van der Waals surface area contributed by atoms with E-state index in [-0.39, 0.29) is 18.2 Å². The first-order chi connectivity index (χ1) is 10.5.